The van der Waals surface area contributed by atoms with E-state index in [-0.39, 0.29) is 13.2 Å². The number of nitrogens with one attached hydrogen (secondary N) is 1. The quantitative estimate of drug-likeness (QED) is 0.320. The topological polar surface area (TPSA) is 67.9 Å². The summed E-state index contributed by atoms with van der Waals surface area (Å²) in [6, 6.07) is 0. The van der Waals surface area contributed by atoms with Gasteiger partial charge in [-0.05, 0) is 32.9 Å². The van der Waals surface area contributed by atoms with E-state index in [9.17, 15) is 9.59 Å². The van der Waals surface area contributed by atoms with E-state index in [2.05, 4.69) is 30.6 Å². The number of nitrogens with zero attached hydrogens (tertiary/aromatic N) is 1. The highest BCUT2D eigenvalue weighted by molar-refractivity contribution is 5.86. The van der Waals surface area contributed by atoms with Crippen LogP contribution < -0.4 is 5.32 Å². The largest absolute Gasteiger partial charge is 0.460 e. The van der Waals surface area contributed by atoms with E-state index in [1.165, 1.54) is 0 Å². The van der Waals surface area contributed by atoms with Crippen LogP contribution in [0.2, 0.25) is 0 Å². The van der Waals surface area contributed by atoms with E-state index >= 15 is 0 Å². The van der Waals surface area contributed by atoms with Gasteiger partial charge in [-0.1, -0.05) is 33.3 Å². The second-order valence-electron chi connectivity index (χ2n) is 5.53. The zero-order valence-electron chi connectivity index (χ0n) is 14.9. The number of alkyl carbamates (subject to hydrolysis) is 1. The van der Waals surface area contributed by atoms with Crippen LogP contribution in [-0.2, 0) is 14.3 Å². The highest BCUT2D eigenvalue weighted by Gasteiger charge is 2.07. The minimum atomic E-state index is -0.484. The van der Waals surface area contributed by atoms with E-state index in [0.29, 0.717) is 12.2 Å². The van der Waals surface area contributed by atoms with Gasteiger partial charge < -0.3 is 14.8 Å². The molecule has 0 saturated carbocycles. The second-order valence-corrected chi connectivity index (χ2v) is 5.53. The van der Waals surface area contributed by atoms with Crippen LogP contribution in [0.15, 0.2) is 12.2 Å². The first-order valence-corrected chi connectivity index (χ1v) is 8.46. The van der Waals surface area contributed by atoms with Crippen LogP contribution in [-0.4, -0.2) is 56.4 Å². The first kappa shape index (κ1) is 21.4. The number of hydrogen-bond donors (Lipinski definition) is 1. The molecule has 0 fully saturated rings. The molecule has 0 aliphatic rings. The van der Waals surface area contributed by atoms with Gasteiger partial charge in [0.25, 0.3) is 0 Å². The maximum absolute atomic E-state index is 11.5. The third-order valence-electron chi connectivity index (χ3n) is 3.25. The van der Waals surface area contributed by atoms with Gasteiger partial charge in [0.15, 0.2) is 0 Å². The Hall–Kier alpha value is -1.56. The Morgan fingerprint density at radius 3 is 2.13 bits per heavy atom. The number of carbonyl (C=O) groups excluding carboxylic acids is 2. The SMILES string of the molecule is C=C(C)C(=O)OCCNC(=O)OCCN(CCCC)CCCC. The van der Waals surface area contributed by atoms with Crippen LogP contribution >= 0.6 is 0 Å². The molecule has 0 spiro atoms. The fourth-order valence-corrected chi connectivity index (χ4v) is 1.84. The Morgan fingerprint density at radius 1 is 1.00 bits per heavy atom. The Balaban J connectivity index is 3.76. The third kappa shape index (κ3) is 12.6. The second kappa shape index (κ2) is 14.1. The van der Waals surface area contributed by atoms with E-state index in [1.807, 2.05) is 0 Å². The molecule has 0 radical (unpaired) electrons. The first-order valence-electron chi connectivity index (χ1n) is 8.46. The van der Waals surface area contributed by atoms with Crippen molar-refractivity contribution < 1.29 is 19.1 Å². The average Bonchev–Trinajstić information content (AvgIpc) is 2.53. The molecule has 0 aliphatic heterocycles. The van der Waals surface area contributed by atoms with Gasteiger partial charge in [0.1, 0.15) is 13.2 Å². The van der Waals surface area contributed by atoms with Crippen molar-refractivity contribution in [2.75, 3.05) is 39.4 Å². The summed E-state index contributed by atoms with van der Waals surface area (Å²) in [7, 11) is 0. The van der Waals surface area contributed by atoms with Gasteiger partial charge in [-0.15, -0.1) is 0 Å². The summed E-state index contributed by atoms with van der Waals surface area (Å²) in [6.07, 6.45) is 4.15. The summed E-state index contributed by atoms with van der Waals surface area (Å²) in [5, 5.41) is 2.55. The molecule has 0 rings (SSSR count). The summed E-state index contributed by atoms with van der Waals surface area (Å²) in [4.78, 5) is 25.0. The molecule has 0 aromatic heterocycles. The number of hydrogen-bond acceptors (Lipinski definition) is 5. The van der Waals surface area contributed by atoms with E-state index in [1.54, 1.807) is 6.92 Å². The summed E-state index contributed by atoms with van der Waals surface area (Å²) in [5.41, 5.74) is 0.340. The lowest BCUT2D eigenvalue weighted by Gasteiger charge is -2.21. The number of ether oxygens (including phenoxy) is 2. The van der Waals surface area contributed by atoms with Crippen LogP contribution in [0.5, 0.6) is 0 Å². The van der Waals surface area contributed by atoms with Crippen molar-refractivity contribution in [1.29, 1.82) is 0 Å². The molecule has 0 unspecified atom stereocenters. The van der Waals surface area contributed by atoms with Gasteiger partial charge in [-0.2, -0.15) is 0 Å². The molecule has 1 N–H and O–H groups in total. The monoisotopic (exact) mass is 328 g/mol. The van der Waals surface area contributed by atoms with Crippen molar-refractivity contribution in [2.45, 2.75) is 46.5 Å². The Morgan fingerprint density at radius 2 is 1.61 bits per heavy atom. The van der Waals surface area contributed by atoms with Crippen LogP contribution in [0, 0.1) is 0 Å². The molecule has 6 heteroatoms. The first-order chi connectivity index (χ1) is 11.0. The fourth-order valence-electron chi connectivity index (χ4n) is 1.84. The number of esters is 1. The molecular weight excluding hydrogens is 296 g/mol. The molecule has 0 heterocycles. The summed E-state index contributed by atoms with van der Waals surface area (Å²) < 4.78 is 10.0. The number of amides is 1. The summed E-state index contributed by atoms with van der Waals surface area (Å²) in [5.74, 6) is -0.456. The van der Waals surface area contributed by atoms with Crippen molar-refractivity contribution in [3.05, 3.63) is 12.2 Å². The van der Waals surface area contributed by atoms with Crippen LogP contribution in [0.3, 0.4) is 0 Å². The van der Waals surface area contributed by atoms with Gasteiger partial charge in [-0.3, -0.25) is 4.90 Å². The van der Waals surface area contributed by atoms with Crippen molar-refractivity contribution in [1.82, 2.24) is 10.2 Å². The van der Waals surface area contributed by atoms with Gasteiger partial charge in [0, 0.05) is 12.1 Å². The standard InChI is InChI=1S/C17H32N2O4/c1-5-7-10-19(11-8-6-2)12-14-23-17(21)18-9-13-22-16(20)15(3)4/h3,5-14H2,1-2,4H3,(H,18,21). The lowest BCUT2D eigenvalue weighted by atomic mass is 10.2. The van der Waals surface area contributed by atoms with Crippen LogP contribution in [0.1, 0.15) is 46.5 Å². The smallest absolute Gasteiger partial charge is 0.407 e. The lowest BCUT2D eigenvalue weighted by molar-refractivity contribution is -0.138. The van der Waals surface area contributed by atoms with Crippen molar-refractivity contribution >= 4 is 12.1 Å². The van der Waals surface area contributed by atoms with Crippen molar-refractivity contribution in [2.24, 2.45) is 0 Å². The highest BCUT2D eigenvalue weighted by Crippen LogP contribution is 1.99. The van der Waals surface area contributed by atoms with E-state index in [4.69, 9.17) is 9.47 Å². The number of rotatable bonds is 13. The van der Waals surface area contributed by atoms with Crippen molar-refractivity contribution in [3.63, 3.8) is 0 Å². The molecule has 0 aromatic rings. The van der Waals surface area contributed by atoms with E-state index < -0.39 is 12.1 Å². The number of carbonyl (C=O) groups is 2. The zero-order valence-corrected chi connectivity index (χ0v) is 14.9. The average molecular weight is 328 g/mol. The minimum Gasteiger partial charge on any atom is -0.460 e. The summed E-state index contributed by atoms with van der Waals surface area (Å²) in [6.45, 7) is 12.9. The number of unbranched alkanes of at least 4 members (excludes halogenated alkanes) is 2. The molecule has 0 aliphatic carbocycles. The molecule has 6 nitrogen and oxygen atoms in total. The third-order valence-corrected chi connectivity index (χ3v) is 3.25. The van der Waals surface area contributed by atoms with Gasteiger partial charge in [-0.25, -0.2) is 9.59 Å². The predicted octanol–water partition coefficient (Wildman–Crippen LogP) is 2.73. The Bertz CT molecular complexity index is 351. The Kier molecular flexibility index (Phi) is 13.1. The maximum atomic E-state index is 11.5. The zero-order chi connectivity index (χ0) is 17.5. The molecule has 0 bridgehead atoms. The fraction of sp³-hybridized carbons (Fsp3) is 0.765. The van der Waals surface area contributed by atoms with Crippen molar-refractivity contribution in [3.8, 4) is 0 Å². The van der Waals surface area contributed by atoms with Gasteiger partial charge >= 0.3 is 12.1 Å². The molecule has 134 valence electrons. The highest BCUT2D eigenvalue weighted by atomic mass is 16.6. The Labute approximate surface area is 140 Å². The van der Waals surface area contributed by atoms with Crippen LogP contribution in [0.25, 0.3) is 0 Å². The molecule has 0 aromatic carbocycles. The minimum absolute atomic E-state index is 0.111. The normalized spacial score (nSPS) is 10.4. The predicted molar refractivity (Wildman–Crippen MR) is 91.4 cm³/mol. The molecule has 23 heavy (non-hydrogen) atoms. The maximum Gasteiger partial charge on any atom is 0.407 e. The van der Waals surface area contributed by atoms with E-state index in [0.717, 1.165) is 45.3 Å². The molecule has 0 saturated heterocycles. The molecule has 1 amide bonds. The summed E-state index contributed by atoms with van der Waals surface area (Å²) >= 11 is 0. The van der Waals surface area contributed by atoms with Crippen LogP contribution in [0.4, 0.5) is 4.79 Å². The van der Waals surface area contributed by atoms with Gasteiger partial charge in [0.05, 0.1) is 6.54 Å². The lowest BCUT2D eigenvalue weighted by Crippen LogP contribution is -2.33. The van der Waals surface area contributed by atoms with Gasteiger partial charge in [0.2, 0.25) is 0 Å². The molecular formula is C17H32N2O4. The molecule has 0 atom stereocenters.